The number of anilines is 1. The number of carboxylic acids is 1. The van der Waals surface area contributed by atoms with Crippen molar-refractivity contribution in [2.45, 2.75) is 32.7 Å². The normalized spacial score (nSPS) is 13.7. The number of nitrogens with one attached hydrogen (secondary N) is 1. The molecule has 7 heteroatoms. The van der Waals surface area contributed by atoms with E-state index in [1.54, 1.807) is 19.9 Å². The fourth-order valence-corrected chi connectivity index (χ4v) is 2.31. The van der Waals surface area contributed by atoms with Gasteiger partial charge in [-0.1, -0.05) is 25.4 Å². The lowest BCUT2D eigenvalue weighted by molar-refractivity contribution is -0.137. The molecule has 0 saturated heterocycles. The van der Waals surface area contributed by atoms with Gasteiger partial charge in [0.15, 0.2) is 0 Å². The Morgan fingerprint density at radius 3 is 2.52 bits per heavy atom. The van der Waals surface area contributed by atoms with E-state index in [0.29, 0.717) is 5.69 Å². The van der Waals surface area contributed by atoms with Crippen molar-refractivity contribution in [3.63, 3.8) is 0 Å². The van der Waals surface area contributed by atoms with Gasteiger partial charge in [-0.3, -0.25) is 14.4 Å². The van der Waals surface area contributed by atoms with Gasteiger partial charge in [0.05, 0.1) is 10.6 Å². The van der Waals surface area contributed by atoms with E-state index in [1.165, 1.54) is 17.0 Å². The van der Waals surface area contributed by atoms with Gasteiger partial charge in [0.2, 0.25) is 5.91 Å². The Morgan fingerprint density at radius 2 is 2.00 bits per heavy atom. The van der Waals surface area contributed by atoms with Crippen molar-refractivity contribution in [1.82, 2.24) is 4.90 Å². The molecular formula is C16H19ClN2O4. The molecule has 0 aliphatic heterocycles. The molecule has 0 radical (unpaired) electrons. The molecule has 0 spiro atoms. The zero-order valence-corrected chi connectivity index (χ0v) is 13.8. The minimum atomic E-state index is -1.06. The molecule has 1 aliphatic rings. The fraction of sp³-hybridized carbons (Fsp3) is 0.438. The number of carbonyl (C=O) groups is 3. The Bertz CT molecular complexity index is 641. The number of hydrogen-bond donors (Lipinski definition) is 2. The van der Waals surface area contributed by atoms with Crippen molar-refractivity contribution in [2.75, 3.05) is 11.9 Å². The molecule has 2 amide bonds. The standard InChI is InChI=1S/C16H19ClN2O4/c1-9(2)15(22)18-10-3-6-13(17)12(7-10)16(23)19(8-14(20)21)11-4-5-11/h3,6-7,9,11H,4-5,8H2,1-2H3,(H,18,22)(H,20,21). The van der Waals surface area contributed by atoms with E-state index >= 15 is 0 Å². The molecule has 0 bridgehead atoms. The second-order valence-electron chi connectivity index (χ2n) is 5.90. The van der Waals surface area contributed by atoms with Crippen LogP contribution in [0.5, 0.6) is 0 Å². The van der Waals surface area contributed by atoms with Crippen LogP contribution in [0, 0.1) is 5.92 Å². The highest BCUT2D eigenvalue weighted by atomic mass is 35.5. The van der Waals surface area contributed by atoms with Crippen LogP contribution < -0.4 is 5.32 Å². The molecule has 0 atom stereocenters. The van der Waals surface area contributed by atoms with E-state index in [4.69, 9.17) is 16.7 Å². The molecule has 0 aromatic heterocycles. The summed E-state index contributed by atoms with van der Waals surface area (Å²) in [7, 11) is 0. The zero-order valence-electron chi connectivity index (χ0n) is 13.0. The molecule has 2 N–H and O–H groups in total. The van der Waals surface area contributed by atoms with E-state index in [1.807, 2.05) is 0 Å². The highest BCUT2D eigenvalue weighted by Crippen LogP contribution is 2.30. The lowest BCUT2D eigenvalue weighted by Crippen LogP contribution is -2.37. The molecule has 0 heterocycles. The van der Waals surface area contributed by atoms with E-state index in [-0.39, 0.29) is 35.0 Å². The number of carbonyl (C=O) groups excluding carboxylic acids is 2. The van der Waals surface area contributed by atoms with Gasteiger partial charge < -0.3 is 15.3 Å². The summed E-state index contributed by atoms with van der Waals surface area (Å²) in [5.41, 5.74) is 0.656. The van der Waals surface area contributed by atoms with Crippen LogP contribution in [0.2, 0.25) is 5.02 Å². The fourth-order valence-electron chi connectivity index (χ4n) is 2.11. The number of halogens is 1. The molecule has 6 nitrogen and oxygen atoms in total. The summed E-state index contributed by atoms with van der Waals surface area (Å²) in [6.07, 6.45) is 1.58. The van der Waals surface area contributed by atoms with E-state index in [9.17, 15) is 14.4 Å². The lowest BCUT2D eigenvalue weighted by atomic mass is 10.1. The summed E-state index contributed by atoms with van der Waals surface area (Å²) in [6, 6.07) is 4.57. The van der Waals surface area contributed by atoms with Crippen LogP contribution in [0.25, 0.3) is 0 Å². The van der Waals surface area contributed by atoms with Crippen LogP contribution in [-0.2, 0) is 9.59 Å². The minimum absolute atomic E-state index is 0.0522. The zero-order chi connectivity index (χ0) is 17.1. The van der Waals surface area contributed by atoms with Crippen LogP contribution in [0.3, 0.4) is 0 Å². The van der Waals surface area contributed by atoms with Gasteiger partial charge in [-0.2, -0.15) is 0 Å². The largest absolute Gasteiger partial charge is 0.480 e. The molecule has 1 aromatic rings. The summed E-state index contributed by atoms with van der Waals surface area (Å²) in [5, 5.41) is 11.9. The van der Waals surface area contributed by atoms with Crippen molar-refractivity contribution in [3.05, 3.63) is 28.8 Å². The van der Waals surface area contributed by atoms with Crippen molar-refractivity contribution < 1.29 is 19.5 Å². The van der Waals surface area contributed by atoms with Crippen LogP contribution in [0.15, 0.2) is 18.2 Å². The van der Waals surface area contributed by atoms with Crippen molar-refractivity contribution in [1.29, 1.82) is 0 Å². The summed E-state index contributed by atoms with van der Waals surface area (Å²) < 4.78 is 0. The summed E-state index contributed by atoms with van der Waals surface area (Å²) >= 11 is 6.09. The number of hydrogen-bond acceptors (Lipinski definition) is 3. The molecule has 1 fully saturated rings. The first-order valence-corrected chi connectivity index (χ1v) is 7.80. The maximum atomic E-state index is 12.6. The van der Waals surface area contributed by atoms with Gasteiger partial charge in [0, 0.05) is 17.6 Å². The van der Waals surface area contributed by atoms with Crippen LogP contribution in [0.1, 0.15) is 37.0 Å². The Kier molecular flexibility index (Phi) is 5.26. The monoisotopic (exact) mass is 338 g/mol. The SMILES string of the molecule is CC(C)C(=O)Nc1ccc(Cl)c(C(=O)N(CC(=O)O)C2CC2)c1. The van der Waals surface area contributed by atoms with Crippen LogP contribution >= 0.6 is 11.6 Å². The predicted molar refractivity (Wildman–Crippen MR) is 86.6 cm³/mol. The number of aliphatic carboxylic acids is 1. The molecule has 1 saturated carbocycles. The van der Waals surface area contributed by atoms with Gasteiger partial charge in [0.25, 0.3) is 5.91 Å². The molecule has 1 aliphatic carbocycles. The quantitative estimate of drug-likeness (QED) is 0.834. The van der Waals surface area contributed by atoms with Gasteiger partial charge in [-0.15, -0.1) is 0 Å². The highest BCUT2D eigenvalue weighted by molar-refractivity contribution is 6.34. The van der Waals surface area contributed by atoms with Crippen LogP contribution in [-0.4, -0.2) is 40.4 Å². The molecular weight excluding hydrogens is 320 g/mol. The first-order chi connectivity index (χ1) is 10.8. The molecule has 0 unspecified atom stereocenters. The average Bonchev–Trinajstić information content (AvgIpc) is 3.30. The molecule has 23 heavy (non-hydrogen) atoms. The number of nitrogens with zero attached hydrogens (tertiary/aromatic N) is 1. The molecule has 124 valence electrons. The first kappa shape index (κ1) is 17.3. The smallest absolute Gasteiger partial charge is 0.323 e. The maximum absolute atomic E-state index is 12.6. The number of amides is 2. The molecule has 1 aromatic carbocycles. The summed E-state index contributed by atoms with van der Waals surface area (Å²) in [5.74, 6) is -1.86. The second-order valence-corrected chi connectivity index (χ2v) is 6.30. The maximum Gasteiger partial charge on any atom is 0.323 e. The lowest BCUT2D eigenvalue weighted by Gasteiger charge is -2.21. The highest BCUT2D eigenvalue weighted by Gasteiger charge is 2.35. The summed E-state index contributed by atoms with van der Waals surface area (Å²) in [6.45, 7) is 3.17. The van der Waals surface area contributed by atoms with E-state index < -0.39 is 11.9 Å². The third-order valence-electron chi connectivity index (χ3n) is 3.54. The Balaban J connectivity index is 2.24. The topological polar surface area (TPSA) is 86.7 Å². The minimum Gasteiger partial charge on any atom is -0.480 e. The van der Waals surface area contributed by atoms with Crippen molar-refractivity contribution in [3.8, 4) is 0 Å². The molecule has 2 rings (SSSR count). The van der Waals surface area contributed by atoms with Crippen molar-refractivity contribution in [2.24, 2.45) is 5.92 Å². The third kappa shape index (κ3) is 4.45. The summed E-state index contributed by atoms with van der Waals surface area (Å²) in [4.78, 5) is 36.7. The van der Waals surface area contributed by atoms with Gasteiger partial charge in [-0.25, -0.2) is 0 Å². The number of benzene rings is 1. The number of rotatable bonds is 6. The number of carboxylic acid groups (broad SMARTS) is 1. The predicted octanol–water partition coefficient (Wildman–Crippen LogP) is 2.62. The van der Waals surface area contributed by atoms with Crippen molar-refractivity contribution >= 4 is 35.1 Å². The Labute approximate surface area is 139 Å². The van der Waals surface area contributed by atoms with Gasteiger partial charge in [0.1, 0.15) is 6.54 Å². The first-order valence-electron chi connectivity index (χ1n) is 7.42. The van der Waals surface area contributed by atoms with E-state index in [2.05, 4.69) is 5.32 Å². The Hall–Kier alpha value is -2.08. The van der Waals surface area contributed by atoms with Gasteiger partial charge >= 0.3 is 5.97 Å². The Morgan fingerprint density at radius 1 is 1.35 bits per heavy atom. The van der Waals surface area contributed by atoms with Crippen LogP contribution in [0.4, 0.5) is 5.69 Å². The third-order valence-corrected chi connectivity index (χ3v) is 3.87. The average molecular weight is 339 g/mol. The second kappa shape index (κ2) is 7.00. The van der Waals surface area contributed by atoms with Gasteiger partial charge in [-0.05, 0) is 31.0 Å². The van der Waals surface area contributed by atoms with E-state index in [0.717, 1.165) is 12.8 Å².